The van der Waals surface area contributed by atoms with Gasteiger partial charge in [0.25, 0.3) is 0 Å². The van der Waals surface area contributed by atoms with Crippen molar-refractivity contribution in [2.45, 2.75) is 26.3 Å². The quantitative estimate of drug-likeness (QED) is 0.793. The average Bonchev–Trinajstić information content (AvgIpc) is 2.83. The number of ether oxygens (including phenoxy) is 1. The third-order valence-electron chi connectivity index (χ3n) is 2.58. The molecular formula is C13H17N3O. The molecule has 2 rings (SSSR count). The Balaban J connectivity index is 1.83. The van der Waals surface area contributed by atoms with Crippen LogP contribution in [-0.2, 0) is 6.54 Å². The van der Waals surface area contributed by atoms with Gasteiger partial charge in [0.15, 0.2) is 0 Å². The highest BCUT2D eigenvalue weighted by molar-refractivity contribution is 5.20. The van der Waals surface area contributed by atoms with Gasteiger partial charge in [-0.1, -0.05) is 19.9 Å². The lowest BCUT2D eigenvalue weighted by atomic mass is 10.1. The largest absolute Gasteiger partial charge is 0.476 e. The van der Waals surface area contributed by atoms with Crippen LogP contribution < -0.4 is 4.74 Å². The Labute approximate surface area is 101 Å². The number of nitrogens with zero attached hydrogens (tertiary/aromatic N) is 3. The van der Waals surface area contributed by atoms with Crippen LogP contribution in [0, 0.1) is 0 Å². The van der Waals surface area contributed by atoms with Crippen molar-refractivity contribution >= 4 is 0 Å². The maximum atomic E-state index is 5.55. The van der Waals surface area contributed by atoms with Crippen molar-refractivity contribution in [1.82, 2.24) is 14.5 Å². The van der Waals surface area contributed by atoms with E-state index in [1.165, 1.54) is 5.56 Å². The molecule has 0 saturated carbocycles. The van der Waals surface area contributed by atoms with Gasteiger partial charge in [0.2, 0.25) is 5.88 Å². The summed E-state index contributed by atoms with van der Waals surface area (Å²) in [5.74, 6) is 1.18. The highest BCUT2D eigenvalue weighted by atomic mass is 16.5. The summed E-state index contributed by atoms with van der Waals surface area (Å²) in [6.45, 7) is 5.69. The van der Waals surface area contributed by atoms with Gasteiger partial charge in [-0.3, -0.25) is 0 Å². The summed E-state index contributed by atoms with van der Waals surface area (Å²) in [4.78, 5) is 8.24. The number of hydrogen-bond acceptors (Lipinski definition) is 3. The van der Waals surface area contributed by atoms with Crippen molar-refractivity contribution in [1.29, 1.82) is 0 Å². The lowest BCUT2D eigenvalue weighted by Gasteiger charge is -2.08. The van der Waals surface area contributed by atoms with Gasteiger partial charge in [-0.25, -0.2) is 9.97 Å². The summed E-state index contributed by atoms with van der Waals surface area (Å²) >= 11 is 0. The minimum Gasteiger partial charge on any atom is -0.476 e. The average molecular weight is 231 g/mol. The van der Waals surface area contributed by atoms with E-state index in [-0.39, 0.29) is 0 Å². The van der Waals surface area contributed by atoms with Gasteiger partial charge in [0, 0.05) is 24.7 Å². The summed E-state index contributed by atoms with van der Waals surface area (Å²) in [7, 11) is 0. The van der Waals surface area contributed by atoms with Gasteiger partial charge in [-0.05, 0) is 11.5 Å². The minimum atomic E-state index is 0.502. The van der Waals surface area contributed by atoms with Crippen molar-refractivity contribution < 1.29 is 4.74 Å². The van der Waals surface area contributed by atoms with E-state index >= 15 is 0 Å². The summed E-state index contributed by atoms with van der Waals surface area (Å²) in [5.41, 5.74) is 1.23. The van der Waals surface area contributed by atoms with Crippen LogP contribution in [0.5, 0.6) is 5.88 Å². The molecule has 4 heteroatoms. The van der Waals surface area contributed by atoms with Crippen LogP contribution in [0.4, 0.5) is 0 Å². The van der Waals surface area contributed by atoms with E-state index in [0.29, 0.717) is 18.4 Å². The number of rotatable bonds is 5. The number of aromatic nitrogens is 3. The van der Waals surface area contributed by atoms with E-state index in [1.54, 1.807) is 12.5 Å². The van der Waals surface area contributed by atoms with E-state index in [9.17, 15) is 0 Å². The molecule has 0 bridgehead atoms. The van der Waals surface area contributed by atoms with Crippen LogP contribution in [0.2, 0.25) is 0 Å². The zero-order valence-corrected chi connectivity index (χ0v) is 10.2. The predicted molar refractivity (Wildman–Crippen MR) is 66.0 cm³/mol. The highest BCUT2D eigenvalue weighted by Gasteiger charge is 2.00. The topological polar surface area (TPSA) is 39.9 Å². The van der Waals surface area contributed by atoms with Crippen molar-refractivity contribution in [3.05, 3.63) is 42.6 Å². The minimum absolute atomic E-state index is 0.502. The fourth-order valence-corrected chi connectivity index (χ4v) is 1.49. The summed E-state index contributed by atoms with van der Waals surface area (Å²) in [5, 5.41) is 0. The van der Waals surface area contributed by atoms with Crippen LogP contribution in [0.15, 0.2) is 37.1 Å². The lowest BCUT2D eigenvalue weighted by molar-refractivity contribution is 0.287. The molecule has 0 aliphatic heterocycles. The molecule has 0 atom stereocenters. The van der Waals surface area contributed by atoms with E-state index < -0.39 is 0 Å². The maximum absolute atomic E-state index is 5.55. The van der Waals surface area contributed by atoms with Gasteiger partial charge in [0.1, 0.15) is 6.61 Å². The fraction of sp³-hybridized carbons (Fsp3) is 0.385. The Kier molecular flexibility index (Phi) is 3.75. The standard InChI is InChI=1S/C13H17N3O/c1-11(2)12-3-4-13(15-9-12)17-8-7-16-6-5-14-10-16/h3-6,9-11H,7-8H2,1-2H3. The number of hydrogen-bond donors (Lipinski definition) is 0. The Morgan fingerprint density at radius 1 is 1.35 bits per heavy atom. The van der Waals surface area contributed by atoms with E-state index in [2.05, 4.69) is 29.9 Å². The van der Waals surface area contributed by atoms with Gasteiger partial charge in [0.05, 0.1) is 12.9 Å². The van der Waals surface area contributed by atoms with Gasteiger partial charge in [-0.15, -0.1) is 0 Å². The SMILES string of the molecule is CC(C)c1ccc(OCCn2ccnc2)nc1. The van der Waals surface area contributed by atoms with Gasteiger partial charge >= 0.3 is 0 Å². The van der Waals surface area contributed by atoms with Crippen LogP contribution in [0.25, 0.3) is 0 Å². The first kappa shape index (κ1) is 11.6. The van der Waals surface area contributed by atoms with E-state index in [0.717, 1.165) is 6.54 Å². The second kappa shape index (κ2) is 5.48. The second-order valence-corrected chi connectivity index (χ2v) is 4.23. The first-order valence-corrected chi connectivity index (χ1v) is 5.80. The molecule has 0 N–H and O–H groups in total. The zero-order valence-electron chi connectivity index (χ0n) is 10.2. The van der Waals surface area contributed by atoms with Crippen LogP contribution in [-0.4, -0.2) is 21.1 Å². The highest BCUT2D eigenvalue weighted by Crippen LogP contribution is 2.15. The molecule has 0 spiro atoms. The molecule has 2 heterocycles. The Bertz CT molecular complexity index is 434. The Hall–Kier alpha value is -1.84. The third kappa shape index (κ3) is 3.31. The molecule has 0 aromatic carbocycles. The Morgan fingerprint density at radius 3 is 2.82 bits per heavy atom. The molecule has 0 fully saturated rings. The summed E-state index contributed by atoms with van der Waals surface area (Å²) < 4.78 is 7.53. The van der Waals surface area contributed by atoms with Crippen LogP contribution >= 0.6 is 0 Å². The number of imidazole rings is 1. The first-order chi connectivity index (χ1) is 8.25. The normalized spacial score (nSPS) is 10.8. The maximum Gasteiger partial charge on any atom is 0.213 e. The zero-order chi connectivity index (χ0) is 12.1. The molecule has 17 heavy (non-hydrogen) atoms. The Morgan fingerprint density at radius 2 is 2.24 bits per heavy atom. The van der Waals surface area contributed by atoms with Gasteiger partial charge in [-0.2, -0.15) is 0 Å². The molecule has 0 radical (unpaired) electrons. The third-order valence-corrected chi connectivity index (χ3v) is 2.58. The fourth-order valence-electron chi connectivity index (χ4n) is 1.49. The molecule has 0 saturated heterocycles. The smallest absolute Gasteiger partial charge is 0.213 e. The predicted octanol–water partition coefficient (Wildman–Crippen LogP) is 2.48. The molecule has 4 nitrogen and oxygen atoms in total. The van der Waals surface area contributed by atoms with Crippen molar-refractivity contribution in [2.24, 2.45) is 0 Å². The number of pyridine rings is 1. The summed E-state index contributed by atoms with van der Waals surface area (Å²) in [6.07, 6.45) is 7.32. The van der Waals surface area contributed by atoms with Crippen LogP contribution in [0.1, 0.15) is 25.3 Å². The molecular weight excluding hydrogens is 214 g/mol. The molecule has 0 aliphatic rings. The van der Waals surface area contributed by atoms with Crippen molar-refractivity contribution in [3.8, 4) is 5.88 Å². The second-order valence-electron chi connectivity index (χ2n) is 4.23. The van der Waals surface area contributed by atoms with E-state index in [1.807, 2.05) is 23.0 Å². The van der Waals surface area contributed by atoms with Crippen molar-refractivity contribution in [2.75, 3.05) is 6.61 Å². The monoisotopic (exact) mass is 231 g/mol. The van der Waals surface area contributed by atoms with E-state index in [4.69, 9.17) is 4.74 Å². The molecule has 90 valence electrons. The molecule has 0 aliphatic carbocycles. The summed E-state index contributed by atoms with van der Waals surface area (Å²) in [6, 6.07) is 3.98. The first-order valence-electron chi connectivity index (χ1n) is 5.80. The lowest BCUT2D eigenvalue weighted by Crippen LogP contribution is -2.07. The molecule has 0 amide bonds. The molecule has 2 aromatic heterocycles. The van der Waals surface area contributed by atoms with Crippen LogP contribution in [0.3, 0.4) is 0 Å². The molecule has 0 unspecified atom stereocenters. The van der Waals surface area contributed by atoms with Crippen molar-refractivity contribution in [3.63, 3.8) is 0 Å². The molecule has 2 aromatic rings. The van der Waals surface area contributed by atoms with Gasteiger partial charge < -0.3 is 9.30 Å².